The summed E-state index contributed by atoms with van der Waals surface area (Å²) in [4.78, 5) is 11.4. The van der Waals surface area contributed by atoms with Gasteiger partial charge in [-0.2, -0.15) is 13.2 Å². The van der Waals surface area contributed by atoms with Gasteiger partial charge in [-0.3, -0.25) is 4.79 Å². The van der Waals surface area contributed by atoms with Crippen LogP contribution in [0, 0.1) is 0 Å². The van der Waals surface area contributed by atoms with Gasteiger partial charge in [0.1, 0.15) is 0 Å². The maximum atomic E-state index is 12.6. The Bertz CT molecular complexity index is 524. The number of nitrogens with two attached hydrogens (primary N) is 1. The molecule has 0 bridgehead atoms. The Morgan fingerprint density at radius 2 is 1.90 bits per heavy atom. The molecule has 1 aliphatic carbocycles. The molecule has 21 heavy (non-hydrogen) atoms. The van der Waals surface area contributed by atoms with E-state index in [1.807, 2.05) is 6.07 Å². The van der Waals surface area contributed by atoms with E-state index in [9.17, 15) is 23.1 Å². The first-order chi connectivity index (χ1) is 9.72. The molecule has 1 saturated carbocycles. The highest BCUT2D eigenvalue weighted by Crippen LogP contribution is 2.38. The lowest BCUT2D eigenvalue weighted by molar-refractivity contribution is -0.185. The van der Waals surface area contributed by atoms with Crippen molar-refractivity contribution >= 4 is 5.91 Å². The number of hydrogen-bond acceptors (Lipinski definition) is 2. The third-order valence-electron chi connectivity index (χ3n) is 4.05. The van der Waals surface area contributed by atoms with E-state index in [-0.39, 0.29) is 11.5 Å². The van der Waals surface area contributed by atoms with Gasteiger partial charge in [-0.25, -0.2) is 0 Å². The van der Waals surface area contributed by atoms with Gasteiger partial charge >= 0.3 is 6.18 Å². The van der Waals surface area contributed by atoms with Crippen LogP contribution < -0.4 is 5.73 Å². The van der Waals surface area contributed by atoms with Gasteiger partial charge in [-0.1, -0.05) is 37.1 Å². The highest BCUT2D eigenvalue weighted by atomic mass is 19.4. The van der Waals surface area contributed by atoms with Crippen LogP contribution >= 0.6 is 0 Å². The summed E-state index contributed by atoms with van der Waals surface area (Å²) in [5, 5.41) is 10.2. The quantitative estimate of drug-likeness (QED) is 0.898. The van der Waals surface area contributed by atoms with Crippen molar-refractivity contribution in [2.75, 3.05) is 0 Å². The smallest absolute Gasteiger partial charge is 0.375 e. The van der Waals surface area contributed by atoms with Gasteiger partial charge in [0.15, 0.2) is 5.60 Å². The number of rotatable bonds is 4. The normalized spacial score (nSPS) is 19.4. The summed E-state index contributed by atoms with van der Waals surface area (Å²) in [5.41, 5.74) is 3.08. The molecule has 0 radical (unpaired) electrons. The minimum Gasteiger partial charge on any atom is -0.375 e. The van der Waals surface area contributed by atoms with Gasteiger partial charge in [-0.05, 0) is 29.9 Å². The maximum absolute atomic E-state index is 12.6. The van der Waals surface area contributed by atoms with Crippen molar-refractivity contribution in [3.63, 3.8) is 0 Å². The van der Waals surface area contributed by atoms with Gasteiger partial charge in [0.2, 0.25) is 0 Å². The number of hydrogen-bond donors (Lipinski definition) is 2. The lowest BCUT2D eigenvalue weighted by atomic mass is 9.86. The number of halogens is 3. The number of benzene rings is 1. The molecule has 1 aliphatic rings. The average molecular weight is 301 g/mol. The van der Waals surface area contributed by atoms with E-state index in [0.717, 1.165) is 31.2 Å². The fourth-order valence-corrected chi connectivity index (χ4v) is 2.93. The molecule has 0 aliphatic heterocycles. The van der Waals surface area contributed by atoms with Crippen LogP contribution in [-0.2, 0) is 10.4 Å². The van der Waals surface area contributed by atoms with Crippen LogP contribution in [0.4, 0.5) is 13.2 Å². The Hall–Kier alpha value is -1.56. The van der Waals surface area contributed by atoms with Gasteiger partial charge in [0.25, 0.3) is 5.91 Å². The second-order valence-electron chi connectivity index (χ2n) is 5.62. The van der Waals surface area contributed by atoms with Gasteiger partial charge in [0, 0.05) is 0 Å². The second-order valence-corrected chi connectivity index (χ2v) is 5.62. The third-order valence-corrected chi connectivity index (χ3v) is 4.05. The Morgan fingerprint density at radius 1 is 1.29 bits per heavy atom. The lowest BCUT2D eigenvalue weighted by Crippen LogP contribution is -2.44. The molecular formula is C15H18F3NO2. The van der Waals surface area contributed by atoms with Crippen molar-refractivity contribution in [3.05, 3.63) is 35.4 Å². The third kappa shape index (κ3) is 3.56. The van der Waals surface area contributed by atoms with Crippen molar-refractivity contribution in [1.29, 1.82) is 0 Å². The van der Waals surface area contributed by atoms with Crippen LogP contribution in [0.2, 0.25) is 0 Å². The zero-order chi connectivity index (χ0) is 15.7. The van der Waals surface area contributed by atoms with Crippen molar-refractivity contribution in [3.8, 4) is 0 Å². The highest BCUT2D eigenvalue weighted by molar-refractivity contribution is 5.84. The maximum Gasteiger partial charge on any atom is 0.392 e. The van der Waals surface area contributed by atoms with Crippen molar-refractivity contribution in [2.45, 2.75) is 49.8 Å². The summed E-state index contributed by atoms with van der Waals surface area (Å²) in [6.07, 6.45) is -2.26. The van der Waals surface area contributed by atoms with Gasteiger partial charge in [-0.15, -0.1) is 0 Å². The van der Waals surface area contributed by atoms with E-state index in [1.54, 1.807) is 6.07 Å². The number of amides is 1. The van der Waals surface area contributed by atoms with E-state index in [4.69, 9.17) is 5.73 Å². The minimum atomic E-state index is -4.69. The predicted octanol–water partition coefficient (Wildman–Crippen LogP) is 2.97. The molecule has 1 unspecified atom stereocenters. The van der Waals surface area contributed by atoms with Gasteiger partial charge < -0.3 is 10.8 Å². The van der Waals surface area contributed by atoms with Crippen LogP contribution in [0.5, 0.6) is 0 Å². The summed E-state index contributed by atoms with van der Waals surface area (Å²) in [7, 11) is 0. The molecule has 1 aromatic carbocycles. The molecule has 3 nitrogen and oxygen atoms in total. The molecule has 0 heterocycles. The molecule has 1 fully saturated rings. The molecule has 0 aromatic heterocycles. The first-order valence-corrected chi connectivity index (χ1v) is 6.92. The van der Waals surface area contributed by atoms with Crippen molar-refractivity contribution < 1.29 is 23.1 Å². The Morgan fingerprint density at radius 3 is 2.43 bits per heavy atom. The van der Waals surface area contributed by atoms with Crippen LogP contribution in [0.15, 0.2) is 24.3 Å². The van der Waals surface area contributed by atoms with Crippen LogP contribution in [-0.4, -0.2) is 17.2 Å². The van der Waals surface area contributed by atoms with Crippen LogP contribution in [0.3, 0.4) is 0 Å². The Kier molecular flexibility index (Phi) is 4.27. The van der Waals surface area contributed by atoms with Crippen LogP contribution in [0.25, 0.3) is 0 Å². The Labute approximate surface area is 121 Å². The standard InChI is InChI=1S/C15H18F3NO2/c16-15(17,18)9-14(21,13(19)20)12-7-3-6-11(8-12)10-4-1-2-5-10/h3,6-8,10,21H,1-2,4-5,9H2,(H2,19,20). The van der Waals surface area contributed by atoms with Crippen molar-refractivity contribution in [2.24, 2.45) is 5.73 Å². The summed E-state index contributed by atoms with van der Waals surface area (Å²) in [6, 6.07) is 6.17. The molecule has 116 valence electrons. The van der Waals surface area contributed by atoms with E-state index in [0.29, 0.717) is 0 Å². The van der Waals surface area contributed by atoms with E-state index in [1.165, 1.54) is 12.1 Å². The van der Waals surface area contributed by atoms with Crippen molar-refractivity contribution in [1.82, 2.24) is 0 Å². The number of carbonyl (C=O) groups is 1. The molecule has 6 heteroatoms. The first kappa shape index (κ1) is 15.8. The molecule has 3 N–H and O–H groups in total. The SMILES string of the molecule is NC(=O)C(O)(CC(F)(F)F)c1cccc(C2CCCC2)c1. The predicted molar refractivity (Wildman–Crippen MR) is 71.4 cm³/mol. The van der Waals surface area contributed by atoms with E-state index in [2.05, 4.69) is 0 Å². The first-order valence-electron chi connectivity index (χ1n) is 6.92. The number of primary amides is 1. The highest BCUT2D eigenvalue weighted by Gasteiger charge is 2.46. The fourth-order valence-electron chi connectivity index (χ4n) is 2.93. The molecule has 0 saturated heterocycles. The fraction of sp³-hybridized carbons (Fsp3) is 0.533. The lowest BCUT2D eigenvalue weighted by Gasteiger charge is -2.27. The Balaban J connectivity index is 2.36. The van der Waals surface area contributed by atoms with E-state index < -0.39 is 24.1 Å². The number of aliphatic hydroxyl groups is 1. The average Bonchev–Trinajstić information content (AvgIpc) is 2.90. The number of alkyl halides is 3. The molecule has 1 atom stereocenters. The topological polar surface area (TPSA) is 63.3 Å². The molecule has 2 rings (SSSR count). The number of carbonyl (C=O) groups excluding carboxylic acids is 1. The molecular weight excluding hydrogens is 283 g/mol. The zero-order valence-corrected chi connectivity index (χ0v) is 11.5. The largest absolute Gasteiger partial charge is 0.392 e. The van der Waals surface area contributed by atoms with E-state index >= 15 is 0 Å². The molecule has 1 amide bonds. The van der Waals surface area contributed by atoms with Gasteiger partial charge in [0.05, 0.1) is 6.42 Å². The monoisotopic (exact) mass is 301 g/mol. The summed E-state index contributed by atoms with van der Waals surface area (Å²) in [6.45, 7) is 0. The zero-order valence-electron chi connectivity index (χ0n) is 11.5. The summed E-state index contributed by atoms with van der Waals surface area (Å²) < 4.78 is 37.9. The summed E-state index contributed by atoms with van der Waals surface area (Å²) in [5.74, 6) is -1.11. The molecule has 0 spiro atoms. The molecule has 1 aromatic rings. The minimum absolute atomic E-state index is 0.0864. The van der Waals surface area contributed by atoms with Crippen LogP contribution in [0.1, 0.15) is 49.1 Å². The summed E-state index contributed by atoms with van der Waals surface area (Å²) >= 11 is 0. The second kappa shape index (κ2) is 5.67.